The van der Waals surface area contributed by atoms with Crippen molar-refractivity contribution in [2.75, 3.05) is 13.2 Å². The van der Waals surface area contributed by atoms with Crippen molar-refractivity contribution in [3.63, 3.8) is 0 Å². The Hall–Kier alpha value is -1.10. The molecule has 1 unspecified atom stereocenters. The Morgan fingerprint density at radius 1 is 1.41 bits per heavy atom. The summed E-state index contributed by atoms with van der Waals surface area (Å²) in [5.41, 5.74) is -1.14. The number of carbonyl (C=O) groups excluding carboxylic acids is 1. The first-order valence-electron chi connectivity index (χ1n) is 5.87. The molecule has 17 heavy (non-hydrogen) atoms. The maximum Gasteiger partial charge on any atom is 0.331 e. The van der Waals surface area contributed by atoms with Crippen molar-refractivity contribution in [2.45, 2.75) is 45.6 Å². The highest BCUT2D eigenvalue weighted by Crippen LogP contribution is 2.22. The average molecular weight is 243 g/mol. The SMILES string of the molecule is CC(C)(C)CCC(=O)NC1(C(=O)O)CCOC1. The molecule has 1 amide bonds. The van der Waals surface area contributed by atoms with Crippen molar-refractivity contribution in [3.05, 3.63) is 0 Å². The van der Waals surface area contributed by atoms with E-state index in [-0.39, 0.29) is 17.9 Å². The zero-order valence-corrected chi connectivity index (χ0v) is 10.7. The second-order valence-corrected chi connectivity index (χ2v) is 5.80. The Morgan fingerprint density at radius 2 is 2.06 bits per heavy atom. The van der Waals surface area contributed by atoms with Crippen LogP contribution in [0.4, 0.5) is 0 Å². The van der Waals surface area contributed by atoms with E-state index in [4.69, 9.17) is 9.84 Å². The van der Waals surface area contributed by atoms with Crippen molar-refractivity contribution in [1.82, 2.24) is 5.32 Å². The molecule has 5 heteroatoms. The van der Waals surface area contributed by atoms with Gasteiger partial charge in [-0.2, -0.15) is 0 Å². The summed E-state index contributed by atoms with van der Waals surface area (Å²) in [5.74, 6) is -1.23. The van der Waals surface area contributed by atoms with E-state index in [1.54, 1.807) is 0 Å². The molecule has 1 rings (SSSR count). The largest absolute Gasteiger partial charge is 0.479 e. The van der Waals surface area contributed by atoms with Crippen molar-refractivity contribution >= 4 is 11.9 Å². The lowest BCUT2D eigenvalue weighted by molar-refractivity contribution is -0.147. The summed E-state index contributed by atoms with van der Waals surface area (Å²) < 4.78 is 5.07. The minimum atomic E-state index is -1.21. The third-order valence-electron chi connectivity index (χ3n) is 2.91. The van der Waals surface area contributed by atoms with Gasteiger partial charge in [0, 0.05) is 19.4 Å². The quantitative estimate of drug-likeness (QED) is 0.777. The third-order valence-corrected chi connectivity index (χ3v) is 2.91. The molecule has 1 aliphatic heterocycles. The zero-order valence-electron chi connectivity index (χ0n) is 10.7. The highest BCUT2D eigenvalue weighted by atomic mass is 16.5. The molecule has 0 aromatic carbocycles. The highest BCUT2D eigenvalue weighted by molar-refractivity contribution is 5.87. The van der Waals surface area contributed by atoms with Gasteiger partial charge in [-0.05, 0) is 11.8 Å². The second kappa shape index (κ2) is 5.04. The fourth-order valence-electron chi connectivity index (χ4n) is 1.70. The van der Waals surface area contributed by atoms with Crippen LogP contribution in [-0.2, 0) is 14.3 Å². The lowest BCUT2D eigenvalue weighted by atomic mass is 9.90. The average Bonchev–Trinajstić information content (AvgIpc) is 2.63. The minimum Gasteiger partial charge on any atom is -0.479 e. The predicted octanol–water partition coefficient (Wildman–Crippen LogP) is 1.17. The minimum absolute atomic E-state index is 0.0591. The Kier molecular flexibility index (Phi) is 4.14. The molecule has 0 aliphatic carbocycles. The number of carbonyl (C=O) groups is 2. The van der Waals surface area contributed by atoms with Crippen molar-refractivity contribution in [1.29, 1.82) is 0 Å². The number of hydrogen-bond acceptors (Lipinski definition) is 3. The fraction of sp³-hybridized carbons (Fsp3) is 0.833. The third kappa shape index (κ3) is 4.00. The van der Waals surface area contributed by atoms with Gasteiger partial charge >= 0.3 is 5.97 Å². The summed E-state index contributed by atoms with van der Waals surface area (Å²) in [4.78, 5) is 22.9. The lowest BCUT2D eigenvalue weighted by Crippen LogP contribution is -2.55. The molecule has 1 aliphatic rings. The number of hydrogen-bond donors (Lipinski definition) is 2. The van der Waals surface area contributed by atoms with Crippen LogP contribution in [-0.4, -0.2) is 35.7 Å². The number of carboxylic acid groups (broad SMARTS) is 1. The standard InChI is InChI=1S/C12H21NO4/c1-11(2,3)5-4-9(14)13-12(10(15)16)6-7-17-8-12/h4-8H2,1-3H3,(H,13,14)(H,15,16). The zero-order chi connectivity index (χ0) is 13.1. The van der Waals surface area contributed by atoms with E-state index >= 15 is 0 Å². The maximum absolute atomic E-state index is 11.7. The number of ether oxygens (including phenoxy) is 1. The Bertz CT molecular complexity index is 300. The molecule has 0 spiro atoms. The number of rotatable bonds is 4. The number of amides is 1. The van der Waals surface area contributed by atoms with E-state index in [9.17, 15) is 9.59 Å². The van der Waals surface area contributed by atoms with Gasteiger partial charge in [0.15, 0.2) is 5.54 Å². The summed E-state index contributed by atoms with van der Waals surface area (Å²) in [5, 5.41) is 11.7. The number of nitrogens with one attached hydrogen (secondary N) is 1. The van der Waals surface area contributed by atoms with Gasteiger partial charge in [0.2, 0.25) is 5.91 Å². The van der Waals surface area contributed by atoms with Gasteiger partial charge in [-0.3, -0.25) is 4.79 Å². The first-order valence-corrected chi connectivity index (χ1v) is 5.87. The lowest BCUT2D eigenvalue weighted by Gasteiger charge is -2.25. The normalized spacial score (nSPS) is 24.6. The molecule has 1 heterocycles. The van der Waals surface area contributed by atoms with Gasteiger partial charge in [-0.25, -0.2) is 4.79 Å². The van der Waals surface area contributed by atoms with Crippen molar-refractivity contribution in [2.24, 2.45) is 5.41 Å². The molecule has 1 atom stereocenters. The van der Waals surface area contributed by atoms with Crippen LogP contribution in [0.25, 0.3) is 0 Å². The van der Waals surface area contributed by atoms with Gasteiger partial charge in [-0.1, -0.05) is 20.8 Å². The van der Waals surface area contributed by atoms with E-state index < -0.39 is 11.5 Å². The first-order chi connectivity index (χ1) is 7.75. The van der Waals surface area contributed by atoms with Crippen LogP contribution in [0.2, 0.25) is 0 Å². The van der Waals surface area contributed by atoms with Crippen LogP contribution in [0.3, 0.4) is 0 Å². The van der Waals surface area contributed by atoms with E-state index in [1.807, 2.05) is 20.8 Å². The van der Waals surface area contributed by atoms with Crippen LogP contribution in [0.5, 0.6) is 0 Å². The predicted molar refractivity (Wildman–Crippen MR) is 62.6 cm³/mol. The summed E-state index contributed by atoms with van der Waals surface area (Å²) in [6, 6.07) is 0. The molecule has 0 aromatic heterocycles. The molecule has 0 aromatic rings. The molecular formula is C12H21NO4. The van der Waals surface area contributed by atoms with Gasteiger partial charge in [0.1, 0.15) is 0 Å². The molecule has 0 saturated carbocycles. The summed E-state index contributed by atoms with van der Waals surface area (Å²) in [6.07, 6.45) is 1.41. The Labute approximate surface area is 102 Å². The van der Waals surface area contributed by atoms with Gasteiger partial charge in [0.05, 0.1) is 6.61 Å². The number of carboxylic acids is 1. The second-order valence-electron chi connectivity index (χ2n) is 5.80. The summed E-state index contributed by atoms with van der Waals surface area (Å²) in [7, 11) is 0. The Morgan fingerprint density at radius 3 is 2.47 bits per heavy atom. The molecular weight excluding hydrogens is 222 g/mol. The molecule has 5 nitrogen and oxygen atoms in total. The molecule has 1 saturated heterocycles. The van der Waals surface area contributed by atoms with Crippen LogP contribution < -0.4 is 5.32 Å². The number of aliphatic carboxylic acids is 1. The van der Waals surface area contributed by atoms with Crippen molar-refractivity contribution < 1.29 is 19.4 Å². The van der Waals surface area contributed by atoms with Crippen molar-refractivity contribution in [3.8, 4) is 0 Å². The summed E-state index contributed by atoms with van der Waals surface area (Å²) >= 11 is 0. The van der Waals surface area contributed by atoms with Crippen LogP contribution in [0.15, 0.2) is 0 Å². The van der Waals surface area contributed by atoms with E-state index in [1.165, 1.54) is 0 Å². The molecule has 2 N–H and O–H groups in total. The van der Waals surface area contributed by atoms with Crippen LogP contribution >= 0.6 is 0 Å². The molecule has 1 fully saturated rings. The highest BCUT2D eigenvalue weighted by Gasteiger charge is 2.43. The molecule has 98 valence electrons. The van der Waals surface area contributed by atoms with Gasteiger partial charge in [0.25, 0.3) is 0 Å². The fourth-order valence-corrected chi connectivity index (χ4v) is 1.70. The molecule has 0 radical (unpaired) electrons. The Balaban J connectivity index is 2.51. The van der Waals surface area contributed by atoms with Gasteiger partial charge in [-0.15, -0.1) is 0 Å². The van der Waals surface area contributed by atoms with Crippen LogP contribution in [0.1, 0.15) is 40.0 Å². The van der Waals surface area contributed by atoms with Gasteiger partial charge < -0.3 is 15.2 Å². The molecule has 0 bridgehead atoms. The summed E-state index contributed by atoms with van der Waals surface area (Å²) in [6.45, 7) is 6.58. The maximum atomic E-state index is 11.7. The van der Waals surface area contributed by atoms with Crippen LogP contribution in [0, 0.1) is 5.41 Å². The van der Waals surface area contributed by atoms with E-state index in [2.05, 4.69) is 5.32 Å². The van der Waals surface area contributed by atoms with E-state index in [0.717, 1.165) is 6.42 Å². The van der Waals surface area contributed by atoms with E-state index in [0.29, 0.717) is 19.4 Å². The monoisotopic (exact) mass is 243 g/mol. The topological polar surface area (TPSA) is 75.6 Å². The smallest absolute Gasteiger partial charge is 0.331 e. The first kappa shape index (κ1) is 14.0.